The fourth-order valence-electron chi connectivity index (χ4n) is 1.14. The number of thiophene rings is 1. The zero-order valence-electron chi connectivity index (χ0n) is 9.29. The molecule has 88 valence electrons. The van der Waals surface area contributed by atoms with Crippen molar-refractivity contribution in [3.8, 4) is 0 Å². The van der Waals surface area contributed by atoms with Gasteiger partial charge in [-0.05, 0) is 11.4 Å². The predicted molar refractivity (Wildman–Crippen MR) is 67.5 cm³/mol. The smallest absolute Gasteiger partial charge is 0.300 e. The molecule has 1 aromatic carbocycles. The third-order valence-corrected chi connectivity index (χ3v) is 2.65. The number of aliphatic carboxylic acids is 1. The van der Waals surface area contributed by atoms with Gasteiger partial charge in [0.1, 0.15) is 0 Å². The van der Waals surface area contributed by atoms with E-state index in [1.165, 1.54) is 11.3 Å². The van der Waals surface area contributed by atoms with Crippen molar-refractivity contribution < 1.29 is 14.7 Å². The monoisotopic (exact) mass is 248 g/mol. The lowest BCUT2D eigenvalue weighted by molar-refractivity contribution is -0.134. The number of benzene rings is 1. The van der Waals surface area contributed by atoms with Gasteiger partial charge in [0.25, 0.3) is 5.97 Å². The first-order valence-corrected chi connectivity index (χ1v) is 5.82. The van der Waals surface area contributed by atoms with Crippen molar-refractivity contribution in [3.63, 3.8) is 0 Å². The molecule has 3 nitrogen and oxygen atoms in total. The average Bonchev–Trinajstić information content (AvgIpc) is 2.82. The molecular formula is C13H12O3S. The summed E-state index contributed by atoms with van der Waals surface area (Å²) in [6, 6.07) is 13.1. The molecule has 0 aliphatic carbocycles. The first kappa shape index (κ1) is 13.1. The Bertz CT molecular complexity index is 471. The van der Waals surface area contributed by atoms with Gasteiger partial charge < -0.3 is 5.11 Å². The molecule has 0 aliphatic rings. The van der Waals surface area contributed by atoms with Crippen LogP contribution in [0.15, 0.2) is 47.8 Å². The Morgan fingerprint density at radius 1 is 1.06 bits per heavy atom. The molecule has 2 aromatic rings. The number of ketones is 1. The van der Waals surface area contributed by atoms with Gasteiger partial charge in [-0.25, -0.2) is 0 Å². The Morgan fingerprint density at radius 2 is 1.65 bits per heavy atom. The second-order valence-corrected chi connectivity index (χ2v) is 4.14. The van der Waals surface area contributed by atoms with Crippen LogP contribution in [-0.2, 0) is 4.79 Å². The van der Waals surface area contributed by atoms with Crippen molar-refractivity contribution in [1.82, 2.24) is 0 Å². The minimum atomic E-state index is -0.833. The zero-order valence-corrected chi connectivity index (χ0v) is 10.1. The van der Waals surface area contributed by atoms with E-state index in [9.17, 15) is 4.79 Å². The number of carboxylic acid groups (broad SMARTS) is 1. The topological polar surface area (TPSA) is 54.4 Å². The standard InChI is InChI=1S/C11H8OS.C2H4O2/c12-11(10-7-4-8-13-10)9-5-2-1-3-6-9;1-2(3)4/h1-8H;1H3,(H,3,4). The normalized spacial score (nSPS) is 9.00. The van der Waals surface area contributed by atoms with E-state index in [1.54, 1.807) is 0 Å². The van der Waals surface area contributed by atoms with E-state index in [0.717, 1.165) is 17.4 Å². The molecule has 0 unspecified atom stereocenters. The van der Waals surface area contributed by atoms with Crippen molar-refractivity contribution in [2.45, 2.75) is 6.92 Å². The van der Waals surface area contributed by atoms with Crippen LogP contribution >= 0.6 is 11.3 Å². The Balaban J connectivity index is 0.000000317. The first-order valence-electron chi connectivity index (χ1n) is 4.94. The summed E-state index contributed by atoms with van der Waals surface area (Å²) in [5.74, 6) is -0.726. The lowest BCUT2D eigenvalue weighted by Crippen LogP contribution is -1.96. The number of carbonyl (C=O) groups is 2. The van der Waals surface area contributed by atoms with Crippen LogP contribution < -0.4 is 0 Å². The second-order valence-electron chi connectivity index (χ2n) is 3.19. The largest absolute Gasteiger partial charge is 0.481 e. The van der Waals surface area contributed by atoms with Gasteiger partial charge in [0.2, 0.25) is 5.78 Å². The van der Waals surface area contributed by atoms with E-state index in [2.05, 4.69) is 0 Å². The maximum absolute atomic E-state index is 11.7. The van der Waals surface area contributed by atoms with E-state index in [0.29, 0.717) is 0 Å². The maximum Gasteiger partial charge on any atom is 0.300 e. The van der Waals surface area contributed by atoms with E-state index in [4.69, 9.17) is 9.90 Å². The van der Waals surface area contributed by atoms with Gasteiger partial charge in [-0.2, -0.15) is 0 Å². The number of carbonyl (C=O) groups excluding carboxylic acids is 1. The summed E-state index contributed by atoms with van der Waals surface area (Å²) in [6.45, 7) is 1.08. The van der Waals surface area contributed by atoms with Crippen LogP contribution in [0, 0.1) is 0 Å². The highest BCUT2D eigenvalue weighted by Crippen LogP contribution is 2.14. The summed E-state index contributed by atoms with van der Waals surface area (Å²) in [4.78, 5) is 21.5. The molecule has 0 radical (unpaired) electrons. The van der Waals surface area contributed by atoms with Crippen molar-refractivity contribution in [1.29, 1.82) is 0 Å². The summed E-state index contributed by atoms with van der Waals surface area (Å²) >= 11 is 1.48. The number of rotatable bonds is 2. The summed E-state index contributed by atoms with van der Waals surface area (Å²) < 4.78 is 0. The van der Waals surface area contributed by atoms with Crippen molar-refractivity contribution in [3.05, 3.63) is 58.3 Å². The number of hydrogen-bond donors (Lipinski definition) is 1. The fourth-order valence-corrected chi connectivity index (χ4v) is 1.83. The summed E-state index contributed by atoms with van der Waals surface area (Å²) in [7, 11) is 0. The van der Waals surface area contributed by atoms with Gasteiger partial charge in [-0.1, -0.05) is 36.4 Å². The number of carboxylic acids is 1. The Kier molecular flexibility index (Phi) is 5.10. The second kappa shape index (κ2) is 6.60. The average molecular weight is 248 g/mol. The van der Waals surface area contributed by atoms with Gasteiger partial charge >= 0.3 is 0 Å². The van der Waals surface area contributed by atoms with Crippen LogP contribution in [0.5, 0.6) is 0 Å². The minimum absolute atomic E-state index is 0.107. The van der Waals surface area contributed by atoms with Crippen LogP contribution in [0.25, 0.3) is 0 Å². The lowest BCUT2D eigenvalue weighted by atomic mass is 10.1. The third-order valence-electron chi connectivity index (χ3n) is 1.78. The number of hydrogen-bond acceptors (Lipinski definition) is 3. The zero-order chi connectivity index (χ0) is 12.7. The molecule has 4 heteroatoms. The Labute approximate surface area is 103 Å². The third kappa shape index (κ3) is 4.61. The van der Waals surface area contributed by atoms with E-state index in [-0.39, 0.29) is 5.78 Å². The summed E-state index contributed by atoms with van der Waals surface area (Å²) in [5, 5.41) is 9.33. The van der Waals surface area contributed by atoms with Crippen molar-refractivity contribution in [2.24, 2.45) is 0 Å². The summed E-state index contributed by atoms with van der Waals surface area (Å²) in [6.07, 6.45) is 0. The fraction of sp³-hybridized carbons (Fsp3) is 0.0769. The molecule has 0 bridgehead atoms. The van der Waals surface area contributed by atoms with E-state index in [1.807, 2.05) is 47.8 Å². The molecule has 17 heavy (non-hydrogen) atoms. The van der Waals surface area contributed by atoms with Gasteiger partial charge in [0.05, 0.1) is 4.88 Å². The van der Waals surface area contributed by atoms with E-state index >= 15 is 0 Å². The highest BCUT2D eigenvalue weighted by Gasteiger charge is 2.07. The maximum atomic E-state index is 11.7. The predicted octanol–water partition coefficient (Wildman–Crippen LogP) is 3.07. The lowest BCUT2D eigenvalue weighted by Gasteiger charge is -1.95. The Morgan fingerprint density at radius 3 is 2.12 bits per heavy atom. The van der Waals surface area contributed by atoms with Crippen LogP contribution in [0.3, 0.4) is 0 Å². The van der Waals surface area contributed by atoms with Crippen molar-refractivity contribution in [2.75, 3.05) is 0 Å². The van der Waals surface area contributed by atoms with Crippen LogP contribution in [0.4, 0.5) is 0 Å². The molecular weight excluding hydrogens is 236 g/mol. The molecule has 0 atom stereocenters. The molecule has 0 spiro atoms. The van der Waals surface area contributed by atoms with Crippen LogP contribution in [0.2, 0.25) is 0 Å². The quantitative estimate of drug-likeness (QED) is 0.831. The molecule has 0 aliphatic heterocycles. The molecule has 0 amide bonds. The Hall–Kier alpha value is -1.94. The SMILES string of the molecule is CC(=O)O.O=C(c1ccccc1)c1cccs1. The highest BCUT2D eigenvalue weighted by molar-refractivity contribution is 7.12. The van der Waals surface area contributed by atoms with Gasteiger partial charge in [-0.3, -0.25) is 9.59 Å². The van der Waals surface area contributed by atoms with Gasteiger partial charge in [-0.15, -0.1) is 11.3 Å². The van der Waals surface area contributed by atoms with Crippen LogP contribution in [0.1, 0.15) is 22.2 Å². The molecule has 0 saturated carbocycles. The molecule has 1 N–H and O–H groups in total. The highest BCUT2D eigenvalue weighted by atomic mass is 32.1. The molecule has 0 fully saturated rings. The van der Waals surface area contributed by atoms with E-state index < -0.39 is 5.97 Å². The minimum Gasteiger partial charge on any atom is -0.481 e. The molecule has 0 saturated heterocycles. The molecule has 2 rings (SSSR count). The van der Waals surface area contributed by atoms with Crippen molar-refractivity contribution >= 4 is 23.1 Å². The first-order chi connectivity index (χ1) is 8.11. The molecule has 1 aromatic heterocycles. The molecule has 1 heterocycles. The summed E-state index contributed by atoms with van der Waals surface area (Å²) in [5.41, 5.74) is 0.755. The van der Waals surface area contributed by atoms with Gasteiger partial charge in [0.15, 0.2) is 0 Å². The van der Waals surface area contributed by atoms with Gasteiger partial charge in [0, 0.05) is 12.5 Å². The van der Waals surface area contributed by atoms with Crippen LogP contribution in [-0.4, -0.2) is 16.9 Å².